The first-order valence-electron chi connectivity index (χ1n) is 17.0. The maximum absolute atomic E-state index is 14.0. The van der Waals surface area contributed by atoms with Crippen LogP contribution < -0.4 is 19.5 Å². The van der Waals surface area contributed by atoms with Gasteiger partial charge in [-0.3, -0.25) is 9.59 Å². The first-order chi connectivity index (χ1) is 22.4. The van der Waals surface area contributed by atoms with Crippen LogP contribution >= 0.6 is 0 Å². The minimum absolute atomic E-state index is 0.0748. The van der Waals surface area contributed by atoms with Crippen molar-refractivity contribution in [2.24, 2.45) is 0 Å². The fourth-order valence-corrected chi connectivity index (χ4v) is 6.68. The summed E-state index contributed by atoms with van der Waals surface area (Å²) in [6.45, 7) is 2.42. The SMILES string of the molecule is CCCCCCCCCCCC(=O)N(CCc1cc(OC)ccc1OC)[C@@H]1C=C(C(=O)NCCO)[C@@H]2c3ccccc3O[C@@H]2[C@H]1O. The number of carbonyl (C=O) groups is 2. The molecule has 0 aromatic heterocycles. The number of amides is 2. The van der Waals surface area contributed by atoms with Gasteiger partial charge in [-0.25, -0.2) is 0 Å². The number of benzene rings is 2. The lowest BCUT2D eigenvalue weighted by Gasteiger charge is -2.41. The summed E-state index contributed by atoms with van der Waals surface area (Å²) in [7, 11) is 3.22. The van der Waals surface area contributed by atoms with Crippen LogP contribution in [0.25, 0.3) is 0 Å². The van der Waals surface area contributed by atoms with Crippen molar-refractivity contribution in [3.63, 3.8) is 0 Å². The molecule has 1 aliphatic carbocycles. The predicted molar refractivity (Wildman–Crippen MR) is 178 cm³/mol. The Hall–Kier alpha value is -3.56. The van der Waals surface area contributed by atoms with E-state index in [4.69, 9.17) is 14.2 Å². The molecular weight excluding hydrogens is 584 g/mol. The first kappa shape index (κ1) is 35.3. The highest BCUT2D eigenvalue weighted by atomic mass is 16.5. The van der Waals surface area contributed by atoms with Gasteiger partial charge < -0.3 is 34.6 Å². The molecule has 0 saturated carbocycles. The smallest absolute Gasteiger partial charge is 0.247 e. The van der Waals surface area contributed by atoms with Crippen LogP contribution in [-0.4, -0.2) is 79.1 Å². The highest BCUT2D eigenvalue weighted by Crippen LogP contribution is 2.47. The predicted octanol–water partition coefficient (Wildman–Crippen LogP) is 5.32. The molecule has 46 heavy (non-hydrogen) atoms. The summed E-state index contributed by atoms with van der Waals surface area (Å²) >= 11 is 0. The van der Waals surface area contributed by atoms with Crippen molar-refractivity contribution in [2.45, 2.75) is 102 Å². The molecule has 2 aromatic rings. The Morgan fingerprint density at radius 3 is 2.37 bits per heavy atom. The fourth-order valence-electron chi connectivity index (χ4n) is 6.68. The normalized spacial score (nSPS) is 19.8. The van der Waals surface area contributed by atoms with Crippen molar-refractivity contribution in [3.05, 3.63) is 65.2 Å². The molecule has 9 nitrogen and oxygen atoms in total. The van der Waals surface area contributed by atoms with Gasteiger partial charge in [0.1, 0.15) is 29.5 Å². The number of aliphatic hydroxyl groups excluding tert-OH is 2. The minimum Gasteiger partial charge on any atom is -0.497 e. The zero-order valence-electron chi connectivity index (χ0n) is 27.7. The Balaban J connectivity index is 1.57. The number of fused-ring (bicyclic) bond motifs is 3. The van der Waals surface area contributed by atoms with E-state index in [0.717, 1.165) is 30.4 Å². The zero-order valence-corrected chi connectivity index (χ0v) is 27.7. The van der Waals surface area contributed by atoms with Gasteiger partial charge in [0, 0.05) is 30.6 Å². The van der Waals surface area contributed by atoms with Crippen molar-refractivity contribution in [2.75, 3.05) is 33.9 Å². The Morgan fingerprint density at radius 1 is 0.957 bits per heavy atom. The molecule has 9 heteroatoms. The number of nitrogens with zero attached hydrogens (tertiary/aromatic N) is 1. The second-order valence-electron chi connectivity index (χ2n) is 12.3. The number of aliphatic hydroxyl groups is 2. The molecule has 0 bridgehead atoms. The van der Waals surface area contributed by atoms with Crippen LogP contribution in [0.1, 0.15) is 88.2 Å². The Labute approximate surface area is 273 Å². The van der Waals surface area contributed by atoms with Gasteiger partial charge in [-0.15, -0.1) is 0 Å². The molecule has 0 spiro atoms. The molecule has 252 valence electrons. The number of unbranched alkanes of at least 4 members (excludes halogenated alkanes) is 8. The summed E-state index contributed by atoms with van der Waals surface area (Å²) in [5.74, 6) is 1.08. The van der Waals surface area contributed by atoms with E-state index in [1.807, 2.05) is 42.5 Å². The van der Waals surface area contributed by atoms with E-state index in [1.54, 1.807) is 25.2 Å². The summed E-state index contributed by atoms with van der Waals surface area (Å²) in [6.07, 6.45) is 11.1. The number of hydrogen-bond acceptors (Lipinski definition) is 7. The number of rotatable bonds is 19. The van der Waals surface area contributed by atoms with E-state index in [2.05, 4.69) is 12.2 Å². The van der Waals surface area contributed by atoms with Crippen molar-refractivity contribution in [1.82, 2.24) is 10.2 Å². The minimum atomic E-state index is -1.06. The van der Waals surface area contributed by atoms with E-state index in [0.29, 0.717) is 42.2 Å². The third-order valence-corrected chi connectivity index (χ3v) is 9.16. The topological polar surface area (TPSA) is 118 Å². The number of nitrogens with one attached hydrogen (secondary N) is 1. The summed E-state index contributed by atoms with van der Waals surface area (Å²) in [5.41, 5.74) is 2.13. The van der Waals surface area contributed by atoms with Crippen molar-refractivity contribution >= 4 is 11.8 Å². The van der Waals surface area contributed by atoms with Crippen LogP contribution in [0.2, 0.25) is 0 Å². The largest absolute Gasteiger partial charge is 0.497 e. The maximum atomic E-state index is 14.0. The molecule has 0 unspecified atom stereocenters. The van der Waals surface area contributed by atoms with Crippen LogP contribution in [0.3, 0.4) is 0 Å². The molecule has 0 fully saturated rings. The molecular formula is C37H52N2O7. The summed E-state index contributed by atoms with van der Waals surface area (Å²) in [6, 6.07) is 12.3. The molecule has 4 rings (SSSR count). The second kappa shape index (κ2) is 18.0. The van der Waals surface area contributed by atoms with Crippen molar-refractivity contribution in [1.29, 1.82) is 0 Å². The van der Waals surface area contributed by atoms with Crippen LogP contribution in [0.15, 0.2) is 54.1 Å². The lowest BCUT2D eigenvalue weighted by Crippen LogP contribution is -2.56. The Bertz CT molecular complexity index is 1310. The molecule has 1 aliphatic heterocycles. The average Bonchev–Trinajstić information content (AvgIpc) is 3.47. The van der Waals surface area contributed by atoms with Gasteiger partial charge in [0.2, 0.25) is 11.8 Å². The van der Waals surface area contributed by atoms with Crippen LogP contribution in [0.5, 0.6) is 17.2 Å². The van der Waals surface area contributed by atoms with Gasteiger partial charge in [0.05, 0.1) is 32.8 Å². The number of ether oxygens (including phenoxy) is 3. The summed E-state index contributed by atoms with van der Waals surface area (Å²) in [4.78, 5) is 29.2. The van der Waals surface area contributed by atoms with E-state index >= 15 is 0 Å². The van der Waals surface area contributed by atoms with Gasteiger partial charge in [0.15, 0.2) is 0 Å². The summed E-state index contributed by atoms with van der Waals surface area (Å²) in [5, 5.41) is 24.0. The monoisotopic (exact) mass is 636 g/mol. The standard InChI is InChI=1S/C37H52N2O7/c1-4-5-6-7-8-9-10-11-12-17-33(41)39(22-20-26-24-27(44-2)18-19-31(26)45-3)30-25-29(37(43)38-21-23-40)34-28-15-13-14-16-32(28)46-36(34)35(30)42/h13-16,18-19,24-25,30,34-36,40,42H,4-12,17,20-23H2,1-3H3,(H,38,43)/t30-,34+,35+,36+/m1/s1. The molecule has 0 radical (unpaired) electrons. The van der Waals surface area contributed by atoms with Crippen molar-refractivity contribution in [3.8, 4) is 17.2 Å². The maximum Gasteiger partial charge on any atom is 0.247 e. The molecule has 3 N–H and O–H groups in total. The van der Waals surface area contributed by atoms with Gasteiger partial charge in [-0.05, 0) is 48.7 Å². The van der Waals surface area contributed by atoms with Crippen molar-refractivity contribution < 1.29 is 34.0 Å². The van der Waals surface area contributed by atoms with Crippen LogP contribution in [0, 0.1) is 0 Å². The second-order valence-corrected chi connectivity index (χ2v) is 12.3. The van der Waals surface area contributed by atoms with Gasteiger partial charge in [-0.1, -0.05) is 76.5 Å². The highest BCUT2D eigenvalue weighted by molar-refractivity contribution is 5.96. The highest BCUT2D eigenvalue weighted by Gasteiger charge is 2.50. The Kier molecular flexibility index (Phi) is 13.8. The Morgan fingerprint density at radius 2 is 1.67 bits per heavy atom. The lowest BCUT2D eigenvalue weighted by molar-refractivity contribution is -0.137. The molecule has 2 aliphatic rings. The molecule has 0 saturated heterocycles. The average molecular weight is 637 g/mol. The number of carbonyl (C=O) groups excluding carboxylic acids is 2. The number of methoxy groups -OCH3 is 2. The first-order valence-corrected chi connectivity index (χ1v) is 17.0. The quantitative estimate of drug-likeness (QED) is 0.179. The molecule has 4 atom stereocenters. The van der Waals surface area contributed by atoms with Crippen LogP contribution in [-0.2, 0) is 16.0 Å². The van der Waals surface area contributed by atoms with E-state index in [1.165, 1.54) is 38.5 Å². The zero-order chi connectivity index (χ0) is 32.9. The number of para-hydroxylation sites is 1. The third kappa shape index (κ3) is 8.82. The van der Waals surface area contributed by atoms with E-state index in [-0.39, 0.29) is 25.0 Å². The van der Waals surface area contributed by atoms with E-state index in [9.17, 15) is 19.8 Å². The number of hydrogen-bond donors (Lipinski definition) is 3. The molecule has 2 aromatic carbocycles. The third-order valence-electron chi connectivity index (χ3n) is 9.16. The van der Waals surface area contributed by atoms with Gasteiger partial charge >= 0.3 is 0 Å². The van der Waals surface area contributed by atoms with Gasteiger partial charge in [-0.2, -0.15) is 0 Å². The van der Waals surface area contributed by atoms with Crippen LogP contribution in [0.4, 0.5) is 0 Å². The summed E-state index contributed by atoms with van der Waals surface area (Å²) < 4.78 is 17.3. The van der Waals surface area contributed by atoms with Gasteiger partial charge in [0.25, 0.3) is 0 Å². The molecule has 1 heterocycles. The molecule has 2 amide bonds. The van der Waals surface area contributed by atoms with E-state index < -0.39 is 24.2 Å². The fraction of sp³-hybridized carbons (Fsp3) is 0.568. The lowest BCUT2D eigenvalue weighted by atomic mass is 9.77.